The molecule has 1 atom stereocenters. The van der Waals surface area contributed by atoms with E-state index in [0.29, 0.717) is 17.8 Å². The maximum atomic E-state index is 13.2. The number of halogens is 1. The molecule has 0 aliphatic rings. The standard InChI is InChI=1S/C13H13FN4/c1-10(9-18-4-2-3-16-18)17-13-6-11(8-15)5-12(14)7-13/h2-7,10,17H,9H2,1H3. The fourth-order valence-electron chi connectivity index (χ4n) is 1.76. The van der Waals surface area contributed by atoms with Gasteiger partial charge in [-0.1, -0.05) is 0 Å². The number of nitriles is 1. The van der Waals surface area contributed by atoms with Crippen molar-refractivity contribution in [1.29, 1.82) is 5.26 Å². The molecule has 1 N–H and O–H groups in total. The van der Waals surface area contributed by atoms with Gasteiger partial charge in [0.05, 0.1) is 18.2 Å². The average Bonchev–Trinajstić information content (AvgIpc) is 2.80. The number of anilines is 1. The van der Waals surface area contributed by atoms with E-state index in [2.05, 4.69) is 10.4 Å². The first-order valence-corrected chi connectivity index (χ1v) is 5.62. The van der Waals surface area contributed by atoms with Gasteiger partial charge in [0, 0.05) is 24.1 Å². The van der Waals surface area contributed by atoms with E-state index in [1.165, 1.54) is 12.1 Å². The highest BCUT2D eigenvalue weighted by Gasteiger charge is 2.05. The van der Waals surface area contributed by atoms with Crippen molar-refractivity contribution in [2.75, 3.05) is 5.32 Å². The Kier molecular flexibility index (Phi) is 3.58. The van der Waals surface area contributed by atoms with Crippen LogP contribution in [0, 0.1) is 17.1 Å². The van der Waals surface area contributed by atoms with Gasteiger partial charge in [0.2, 0.25) is 0 Å². The predicted molar refractivity (Wildman–Crippen MR) is 66.4 cm³/mol. The van der Waals surface area contributed by atoms with E-state index < -0.39 is 5.82 Å². The van der Waals surface area contributed by atoms with E-state index in [-0.39, 0.29) is 6.04 Å². The third-order valence-corrected chi connectivity index (χ3v) is 2.46. The Labute approximate surface area is 105 Å². The van der Waals surface area contributed by atoms with Gasteiger partial charge in [-0.25, -0.2) is 4.39 Å². The fourth-order valence-corrected chi connectivity index (χ4v) is 1.76. The zero-order valence-electron chi connectivity index (χ0n) is 9.97. The van der Waals surface area contributed by atoms with Gasteiger partial charge in [-0.2, -0.15) is 10.4 Å². The van der Waals surface area contributed by atoms with Crippen molar-refractivity contribution in [2.45, 2.75) is 19.5 Å². The summed E-state index contributed by atoms with van der Waals surface area (Å²) in [5.41, 5.74) is 0.912. The van der Waals surface area contributed by atoms with E-state index in [1.54, 1.807) is 16.9 Å². The zero-order valence-corrected chi connectivity index (χ0v) is 9.97. The van der Waals surface area contributed by atoms with Crippen LogP contribution in [0.25, 0.3) is 0 Å². The molecular formula is C13H13FN4. The molecule has 1 aromatic carbocycles. The first-order chi connectivity index (χ1) is 8.67. The number of benzene rings is 1. The van der Waals surface area contributed by atoms with Crippen LogP contribution in [0.15, 0.2) is 36.7 Å². The molecule has 0 radical (unpaired) electrons. The first kappa shape index (κ1) is 12.1. The lowest BCUT2D eigenvalue weighted by Crippen LogP contribution is -2.22. The normalized spacial score (nSPS) is 11.8. The number of nitrogens with one attached hydrogen (secondary N) is 1. The van der Waals surface area contributed by atoms with Gasteiger partial charge < -0.3 is 5.32 Å². The molecule has 4 nitrogen and oxygen atoms in total. The van der Waals surface area contributed by atoms with E-state index in [0.717, 1.165) is 0 Å². The third kappa shape index (κ3) is 3.08. The molecule has 0 saturated carbocycles. The summed E-state index contributed by atoms with van der Waals surface area (Å²) in [6.45, 7) is 2.64. The second-order valence-corrected chi connectivity index (χ2v) is 4.11. The lowest BCUT2D eigenvalue weighted by Gasteiger charge is -2.15. The quantitative estimate of drug-likeness (QED) is 0.898. The van der Waals surface area contributed by atoms with Crippen LogP contribution < -0.4 is 5.32 Å². The molecule has 0 fully saturated rings. The van der Waals surface area contributed by atoms with Crippen molar-refractivity contribution in [3.05, 3.63) is 48.0 Å². The van der Waals surface area contributed by atoms with Crippen molar-refractivity contribution in [3.63, 3.8) is 0 Å². The lowest BCUT2D eigenvalue weighted by molar-refractivity contribution is 0.560. The van der Waals surface area contributed by atoms with Gasteiger partial charge in [0.1, 0.15) is 5.82 Å². The number of rotatable bonds is 4. The molecule has 1 unspecified atom stereocenters. The van der Waals surface area contributed by atoms with Crippen molar-refractivity contribution in [1.82, 2.24) is 9.78 Å². The minimum atomic E-state index is -0.414. The molecule has 18 heavy (non-hydrogen) atoms. The molecule has 5 heteroatoms. The highest BCUT2D eigenvalue weighted by Crippen LogP contribution is 2.14. The molecule has 2 aromatic rings. The number of hydrogen-bond donors (Lipinski definition) is 1. The van der Waals surface area contributed by atoms with Gasteiger partial charge in [-0.15, -0.1) is 0 Å². The summed E-state index contributed by atoms with van der Waals surface area (Å²) in [4.78, 5) is 0. The summed E-state index contributed by atoms with van der Waals surface area (Å²) in [6, 6.07) is 8.08. The summed E-state index contributed by atoms with van der Waals surface area (Å²) in [6.07, 6.45) is 3.58. The smallest absolute Gasteiger partial charge is 0.126 e. The highest BCUT2D eigenvalue weighted by molar-refractivity contribution is 5.50. The minimum absolute atomic E-state index is 0.0817. The maximum Gasteiger partial charge on any atom is 0.126 e. The van der Waals surface area contributed by atoms with Crippen LogP contribution in [0.2, 0.25) is 0 Å². The van der Waals surface area contributed by atoms with Crippen molar-refractivity contribution < 1.29 is 4.39 Å². The largest absolute Gasteiger partial charge is 0.381 e. The van der Waals surface area contributed by atoms with E-state index in [9.17, 15) is 4.39 Å². The second kappa shape index (κ2) is 5.32. The SMILES string of the molecule is CC(Cn1cccn1)Nc1cc(F)cc(C#N)c1. The second-order valence-electron chi connectivity index (χ2n) is 4.11. The molecule has 1 heterocycles. The minimum Gasteiger partial charge on any atom is -0.381 e. The first-order valence-electron chi connectivity index (χ1n) is 5.62. The maximum absolute atomic E-state index is 13.2. The Morgan fingerprint density at radius 1 is 1.50 bits per heavy atom. The number of nitrogens with zero attached hydrogens (tertiary/aromatic N) is 3. The molecule has 0 aliphatic carbocycles. The Morgan fingerprint density at radius 2 is 2.33 bits per heavy atom. The molecular weight excluding hydrogens is 231 g/mol. The molecule has 0 amide bonds. The summed E-state index contributed by atoms with van der Waals surface area (Å²) < 4.78 is 15.0. The van der Waals surface area contributed by atoms with Gasteiger partial charge >= 0.3 is 0 Å². The number of hydrogen-bond acceptors (Lipinski definition) is 3. The molecule has 0 spiro atoms. The molecule has 0 aliphatic heterocycles. The molecule has 2 rings (SSSR count). The van der Waals surface area contributed by atoms with Crippen LogP contribution in [0.4, 0.5) is 10.1 Å². The number of aromatic nitrogens is 2. The summed E-state index contributed by atoms with van der Waals surface area (Å²) in [5, 5.41) is 16.0. The predicted octanol–water partition coefficient (Wildman–Crippen LogP) is 2.39. The zero-order chi connectivity index (χ0) is 13.0. The Hall–Kier alpha value is -2.35. The Morgan fingerprint density at radius 3 is 3.00 bits per heavy atom. The van der Waals surface area contributed by atoms with Crippen molar-refractivity contribution in [2.24, 2.45) is 0 Å². The third-order valence-electron chi connectivity index (χ3n) is 2.46. The average molecular weight is 244 g/mol. The molecule has 1 aromatic heterocycles. The van der Waals surface area contributed by atoms with E-state index in [1.807, 2.05) is 25.3 Å². The van der Waals surface area contributed by atoms with Gasteiger partial charge in [0.15, 0.2) is 0 Å². The topological polar surface area (TPSA) is 53.6 Å². The Bertz CT molecular complexity index is 557. The van der Waals surface area contributed by atoms with E-state index in [4.69, 9.17) is 5.26 Å². The van der Waals surface area contributed by atoms with Crippen LogP contribution in [0.5, 0.6) is 0 Å². The molecule has 92 valence electrons. The van der Waals surface area contributed by atoms with E-state index >= 15 is 0 Å². The van der Waals surface area contributed by atoms with Gasteiger partial charge in [-0.05, 0) is 31.2 Å². The Balaban J connectivity index is 2.05. The lowest BCUT2D eigenvalue weighted by atomic mass is 10.2. The van der Waals surface area contributed by atoms with Crippen LogP contribution in [-0.2, 0) is 6.54 Å². The van der Waals surface area contributed by atoms with Gasteiger partial charge in [0.25, 0.3) is 0 Å². The van der Waals surface area contributed by atoms with Crippen LogP contribution >= 0.6 is 0 Å². The van der Waals surface area contributed by atoms with Crippen molar-refractivity contribution >= 4 is 5.69 Å². The summed E-state index contributed by atoms with van der Waals surface area (Å²) >= 11 is 0. The van der Waals surface area contributed by atoms with Gasteiger partial charge in [-0.3, -0.25) is 4.68 Å². The molecule has 0 saturated heterocycles. The monoisotopic (exact) mass is 244 g/mol. The van der Waals surface area contributed by atoms with Crippen LogP contribution in [-0.4, -0.2) is 15.8 Å². The van der Waals surface area contributed by atoms with Crippen LogP contribution in [0.1, 0.15) is 12.5 Å². The van der Waals surface area contributed by atoms with Crippen molar-refractivity contribution in [3.8, 4) is 6.07 Å². The highest BCUT2D eigenvalue weighted by atomic mass is 19.1. The summed E-state index contributed by atoms with van der Waals surface area (Å²) in [5.74, 6) is -0.414. The summed E-state index contributed by atoms with van der Waals surface area (Å²) in [7, 11) is 0. The molecule has 0 bridgehead atoms. The van der Waals surface area contributed by atoms with Crippen LogP contribution in [0.3, 0.4) is 0 Å². The fraction of sp³-hybridized carbons (Fsp3) is 0.231.